The van der Waals surface area contributed by atoms with Crippen LogP contribution >= 0.6 is 0 Å². The number of aryl methyl sites for hydroxylation is 6. The predicted molar refractivity (Wildman–Crippen MR) is 130 cm³/mol. The molecule has 150 valence electrons. The fraction of sp³-hybridized carbons (Fsp3) is 0.357. The second-order valence-corrected chi connectivity index (χ2v) is 8.92. The van der Waals surface area contributed by atoms with E-state index >= 15 is 0 Å². The molecule has 29 heavy (non-hydrogen) atoms. The van der Waals surface area contributed by atoms with Crippen molar-refractivity contribution in [3.63, 3.8) is 0 Å². The Morgan fingerprint density at radius 3 is 1.45 bits per heavy atom. The molecule has 1 heteroatoms. The number of hydrogen-bond acceptors (Lipinski definition) is 0. The standard InChI is InChI=1S/C28H35B/c1-19-15-21(3)26(22(4)16-19)28(13-10-14-29,25-11-8-7-9-12-25)27-23(5)17-20(2)18-24(27)6/h7-9,11-12,15-18H,10,13-14,29H2,1-6H3. The highest BCUT2D eigenvalue weighted by Gasteiger charge is 2.40. The zero-order chi connectivity index (χ0) is 21.2. The summed E-state index contributed by atoms with van der Waals surface area (Å²) in [4.78, 5) is 0. The Bertz CT molecular complexity index is 895. The second kappa shape index (κ2) is 8.62. The third-order valence-corrected chi connectivity index (χ3v) is 6.38. The van der Waals surface area contributed by atoms with Gasteiger partial charge in [0.1, 0.15) is 7.85 Å². The van der Waals surface area contributed by atoms with Crippen molar-refractivity contribution in [2.45, 2.75) is 66.1 Å². The van der Waals surface area contributed by atoms with E-state index < -0.39 is 0 Å². The molecule has 0 aromatic heterocycles. The van der Waals surface area contributed by atoms with Crippen molar-refractivity contribution in [3.8, 4) is 0 Å². The molecular formula is C28H35B. The summed E-state index contributed by atoms with van der Waals surface area (Å²) in [6.07, 6.45) is 3.53. The van der Waals surface area contributed by atoms with Crippen LogP contribution < -0.4 is 0 Å². The van der Waals surface area contributed by atoms with E-state index in [4.69, 9.17) is 0 Å². The minimum atomic E-state index is -0.124. The van der Waals surface area contributed by atoms with Gasteiger partial charge in [-0.1, -0.05) is 78.5 Å². The summed E-state index contributed by atoms with van der Waals surface area (Å²) in [5.41, 5.74) is 12.6. The van der Waals surface area contributed by atoms with Gasteiger partial charge in [-0.25, -0.2) is 0 Å². The molecule has 3 rings (SSSR count). The Balaban J connectivity index is 2.50. The largest absolute Gasteiger partial charge is 0.101 e. The first-order valence-corrected chi connectivity index (χ1v) is 11.0. The van der Waals surface area contributed by atoms with Crippen molar-refractivity contribution in [3.05, 3.63) is 105 Å². The molecule has 0 bridgehead atoms. The van der Waals surface area contributed by atoms with Crippen LogP contribution in [0.3, 0.4) is 0 Å². The molecule has 0 saturated heterocycles. The summed E-state index contributed by atoms with van der Waals surface area (Å²) < 4.78 is 0. The maximum Gasteiger partial charge on any atom is 0.101 e. The molecule has 0 amide bonds. The average Bonchev–Trinajstić information content (AvgIpc) is 2.64. The smallest absolute Gasteiger partial charge is 0.0810 e. The first-order chi connectivity index (χ1) is 13.8. The van der Waals surface area contributed by atoms with E-state index in [2.05, 4.69) is 104 Å². The van der Waals surface area contributed by atoms with Crippen LogP contribution in [0.5, 0.6) is 0 Å². The summed E-state index contributed by atoms with van der Waals surface area (Å²) in [6.45, 7) is 13.6. The lowest BCUT2D eigenvalue weighted by Gasteiger charge is -2.41. The first-order valence-electron chi connectivity index (χ1n) is 11.0. The van der Waals surface area contributed by atoms with E-state index in [1.807, 2.05) is 0 Å². The Hall–Kier alpha value is -2.28. The topological polar surface area (TPSA) is 0 Å². The Morgan fingerprint density at radius 2 is 1.07 bits per heavy atom. The van der Waals surface area contributed by atoms with Gasteiger partial charge in [0.15, 0.2) is 0 Å². The molecule has 0 atom stereocenters. The Kier molecular flexibility index (Phi) is 6.37. The summed E-state index contributed by atoms with van der Waals surface area (Å²) in [6, 6.07) is 20.7. The van der Waals surface area contributed by atoms with Crippen LogP contribution in [-0.4, -0.2) is 7.85 Å². The van der Waals surface area contributed by atoms with Gasteiger partial charge in [0.05, 0.1) is 0 Å². The summed E-state index contributed by atoms with van der Waals surface area (Å²) in [5, 5.41) is 0. The molecule has 3 aromatic rings. The van der Waals surface area contributed by atoms with Gasteiger partial charge in [-0.2, -0.15) is 0 Å². The van der Waals surface area contributed by atoms with Gasteiger partial charge in [0, 0.05) is 5.41 Å². The third-order valence-electron chi connectivity index (χ3n) is 6.38. The third kappa shape index (κ3) is 3.93. The quantitative estimate of drug-likeness (QED) is 0.329. The van der Waals surface area contributed by atoms with E-state index in [0.717, 1.165) is 6.42 Å². The molecule has 0 unspecified atom stereocenters. The van der Waals surface area contributed by atoms with E-state index in [1.54, 1.807) is 0 Å². The van der Waals surface area contributed by atoms with E-state index in [-0.39, 0.29) is 5.41 Å². The summed E-state index contributed by atoms with van der Waals surface area (Å²) >= 11 is 0. The molecular weight excluding hydrogens is 347 g/mol. The number of hydrogen-bond donors (Lipinski definition) is 0. The highest BCUT2D eigenvalue weighted by atomic mass is 14.4. The Labute approximate surface area is 178 Å². The van der Waals surface area contributed by atoms with E-state index in [0.29, 0.717) is 0 Å². The molecule has 0 N–H and O–H groups in total. The van der Waals surface area contributed by atoms with Gasteiger partial charge >= 0.3 is 0 Å². The van der Waals surface area contributed by atoms with Gasteiger partial charge in [-0.15, -0.1) is 0 Å². The molecule has 0 fully saturated rings. The van der Waals surface area contributed by atoms with Crippen molar-refractivity contribution >= 4 is 7.85 Å². The van der Waals surface area contributed by atoms with Crippen molar-refractivity contribution < 1.29 is 0 Å². The van der Waals surface area contributed by atoms with Crippen LogP contribution in [0.4, 0.5) is 0 Å². The molecule has 3 aromatic carbocycles. The second-order valence-electron chi connectivity index (χ2n) is 8.92. The average molecular weight is 382 g/mol. The molecule has 0 saturated carbocycles. The molecule has 0 aliphatic carbocycles. The fourth-order valence-corrected chi connectivity index (χ4v) is 5.68. The summed E-state index contributed by atoms with van der Waals surface area (Å²) in [7, 11) is 2.31. The summed E-state index contributed by atoms with van der Waals surface area (Å²) in [5.74, 6) is 0. The highest BCUT2D eigenvalue weighted by Crippen LogP contribution is 2.48. The van der Waals surface area contributed by atoms with Gasteiger partial charge in [-0.05, 0) is 86.9 Å². The van der Waals surface area contributed by atoms with Crippen molar-refractivity contribution in [1.82, 2.24) is 0 Å². The lowest BCUT2D eigenvalue weighted by atomic mass is 9.61. The van der Waals surface area contributed by atoms with Crippen molar-refractivity contribution in [2.75, 3.05) is 0 Å². The molecule has 0 spiro atoms. The SMILES string of the molecule is BCCCC(c1ccccc1)(c1c(C)cc(C)cc1C)c1c(C)cc(C)cc1C. The van der Waals surface area contributed by atoms with E-state index in [9.17, 15) is 0 Å². The van der Waals surface area contributed by atoms with Crippen LogP contribution in [0.25, 0.3) is 0 Å². The maximum absolute atomic E-state index is 2.37. The van der Waals surface area contributed by atoms with Crippen molar-refractivity contribution in [1.29, 1.82) is 0 Å². The molecule has 0 aliphatic heterocycles. The number of benzene rings is 3. The predicted octanol–water partition coefficient (Wildman–Crippen LogP) is 6.70. The van der Waals surface area contributed by atoms with Crippen molar-refractivity contribution in [2.24, 2.45) is 0 Å². The minimum Gasteiger partial charge on any atom is -0.0810 e. The number of rotatable bonds is 6. The lowest BCUT2D eigenvalue weighted by molar-refractivity contribution is 0.538. The van der Waals surface area contributed by atoms with Gasteiger partial charge in [0.2, 0.25) is 0 Å². The van der Waals surface area contributed by atoms with Gasteiger partial charge in [0.25, 0.3) is 0 Å². The van der Waals surface area contributed by atoms with E-state index in [1.165, 1.54) is 62.8 Å². The minimum absolute atomic E-state index is 0.124. The van der Waals surface area contributed by atoms with Crippen LogP contribution in [0.1, 0.15) is 62.9 Å². The maximum atomic E-state index is 2.37. The highest BCUT2D eigenvalue weighted by molar-refractivity contribution is 6.08. The molecule has 0 radical (unpaired) electrons. The normalized spacial score (nSPS) is 11.7. The lowest BCUT2D eigenvalue weighted by Crippen LogP contribution is -2.33. The van der Waals surface area contributed by atoms with Gasteiger partial charge < -0.3 is 0 Å². The zero-order valence-electron chi connectivity index (χ0n) is 19.3. The van der Waals surface area contributed by atoms with Crippen LogP contribution in [-0.2, 0) is 5.41 Å². The molecule has 0 aliphatic rings. The molecule has 0 nitrogen and oxygen atoms in total. The first kappa shape index (κ1) is 21.4. The fourth-order valence-electron chi connectivity index (χ4n) is 5.68. The zero-order valence-corrected chi connectivity index (χ0v) is 19.3. The molecule has 0 heterocycles. The van der Waals surface area contributed by atoms with Crippen LogP contribution in [0.2, 0.25) is 6.32 Å². The van der Waals surface area contributed by atoms with Gasteiger partial charge in [-0.3, -0.25) is 0 Å². The van der Waals surface area contributed by atoms with Crippen LogP contribution in [0.15, 0.2) is 54.6 Å². The monoisotopic (exact) mass is 382 g/mol. The van der Waals surface area contributed by atoms with Crippen LogP contribution in [0, 0.1) is 41.5 Å². The Morgan fingerprint density at radius 1 is 0.655 bits per heavy atom.